The summed E-state index contributed by atoms with van der Waals surface area (Å²) in [6, 6.07) is 0. The maximum absolute atomic E-state index is 11.1. The molecule has 0 atom stereocenters. The molecule has 0 fully saturated rings. The minimum Gasteiger partial charge on any atom is -0.294 e. The number of aryl methyl sites for hydroxylation is 1. The highest BCUT2D eigenvalue weighted by molar-refractivity contribution is 5.70. The number of rotatable bonds is 1. The Morgan fingerprint density at radius 3 is 2.86 bits per heavy atom. The largest absolute Gasteiger partial charge is 0.348 e. The van der Waals surface area contributed by atoms with Gasteiger partial charge in [-0.25, -0.2) is 9.78 Å². The molecule has 1 heterocycles. The molecule has 0 unspecified atom stereocenters. The van der Waals surface area contributed by atoms with Crippen molar-refractivity contribution in [3.05, 3.63) is 40.4 Å². The van der Waals surface area contributed by atoms with Crippen molar-refractivity contribution in [2.45, 2.75) is 19.8 Å². The van der Waals surface area contributed by atoms with Crippen molar-refractivity contribution in [1.82, 2.24) is 15.0 Å². The summed E-state index contributed by atoms with van der Waals surface area (Å²) in [5, 5.41) is 0. The number of aromatic amines is 1. The Balaban J connectivity index is 2.46. The Hall–Kier alpha value is -1.71. The molecule has 0 bridgehead atoms. The van der Waals surface area contributed by atoms with Crippen LogP contribution in [-0.4, -0.2) is 15.0 Å². The van der Waals surface area contributed by atoms with E-state index in [1.54, 1.807) is 6.92 Å². The van der Waals surface area contributed by atoms with Gasteiger partial charge in [0.25, 0.3) is 0 Å². The molecule has 0 saturated carbocycles. The van der Waals surface area contributed by atoms with Gasteiger partial charge < -0.3 is 0 Å². The van der Waals surface area contributed by atoms with Crippen molar-refractivity contribution in [3.63, 3.8) is 0 Å². The zero-order valence-corrected chi connectivity index (χ0v) is 7.95. The third-order valence-electron chi connectivity index (χ3n) is 2.02. The number of nitrogens with zero attached hydrogens (tertiary/aromatic N) is 2. The van der Waals surface area contributed by atoms with Crippen molar-refractivity contribution in [2.75, 3.05) is 0 Å². The Kier molecular flexibility index (Phi) is 2.26. The highest BCUT2D eigenvalue weighted by Gasteiger charge is 2.05. The van der Waals surface area contributed by atoms with Gasteiger partial charge in [-0.2, -0.15) is 4.98 Å². The first-order valence-electron chi connectivity index (χ1n) is 4.58. The van der Waals surface area contributed by atoms with Gasteiger partial charge in [0, 0.05) is 5.57 Å². The van der Waals surface area contributed by atoms with Gasteiger partial charge >= 0.3 is 5.69 Å². The standard InChI is InChI=1S/C10H11N3O/c1-7-11-9(13-10(14)12-7)8-5-3-2-4-6-8/h3,5-6H,2,4H2,1H3,(H,11,12,13,14). The number of hydrogen-bond donors (Lipinski definition) is 1. The van der Waals surface area contributed by atoms with Gasteiger partial charge in [-0.05, 0) is 19.8 Å². The van der Waals surface area contributed by atoms with E-state index in [2.05, 4.69) is 21.0 Å². The monoisotopic (exact) mass is 189 g/mol. The summed E-state index contributed by atoms with van der Waals surface area (Å²) >= 11 is 0. The topological polar surface area (TPSA) is 58.6 Å². The molecule has 2 rings (SSSR count). The summed E-state index contributed by atoms with van der Waals surface area (Å²) in [7, 11) is 0. The zero-order valence-electron chi connectivity index (χ0n) is 7.95. The summed E-state index contributed by atoms with van der Waals surface area (Å²) in [6.07, 6.45) is 8.11. The minimum absolute atomic E-state index is 0.340. The SMILES string of the molecule is Cc1nc(C2=CCCC=C2)nc(=O)[nH]1. The third-order valence-corrected chi connectivity index (χ3v) is 2.02. The van der Waals surface area contributed by atoms with Crippen LogP contribution >= 0.6 is 0 Å². The van der Waals surface area contributed by atoms with Crippen LogP contribution in [0.25, 0.3) is 5.57 Å². The Morgan fingerprint density at radius 2 is 2.21 bits per heavy atom. The molecule has 0 aromatic carbocycles. The lowest BCUT2D eigenvalue weighted by atomic mass is 10.1. The first kappa shape index (κ1) is 8.87. The molecule has 1 aromatic rings. The molecule has 1 aliphatic rings. The van der Waals surface area contributed by atoms with Crippen molar-refractivity contribution >= 4 is 5.57 Å². The summed E-state index contributed by atoms with van der Waals surface area (Å²) in [6.45, 7) is 1.75. The van der Waals surface area contributed by atoms with Gasteiger partial charge in [0.15, 0.2) is 5.82 Å². The Morgan fingerprint density at radius 1 is 1.36 bits per heavy atom. The van der Waals surface area contributed by atoms with E-state index in [9.17, 15) is 4.79 Å². The quantitative estimate of drug-likeness (QED) is 0.722. The lowest BCUT2D eigenvalue weighted by Crippen LogP contribution is -2.16. The predicted octanol–water partition coefficient (Wildman–Crippen LogP) is 1.21. The van der Waals surface area contributed by atoms with E-state index in [1.165, 1.54) is 0 Å². The first-order valence-corrected chi connectivity index (χ1v) is 4.58. The fraction of sp³-hybridized carbons (Fsp3) is 0.300. The van der Waals surface area contributed by atoms with E-state index in [4.69, 9.17) is 0 Å². The fourth-order valence-corrected chi connectivity index (χ4v) is 1.40. The van der Waals surface area contributed by atoms with Crippen LogP contribution in [0.1, 0.15) is 24.5 Å². The Bertz CT molecular complexity index is 457. The number of nitrogens with one attached hydrogen (secondary N) is 1. The van der Waals surface area contributed by atoms with Gasteiger partial charge in [-0.3, -0.25) is 4.98 Å². The van der Waals surface area contributed by atoms with E-state index in [1.807, 2.05) is 12.2 Å². The third kappa shape index (κ3) is 1.79. The second-order valence-electron chi connectivity index (χ2n) is 3.20. The summed E-state index contributed by atoms with van der Waals surface area (Å²) in [5.74, 6) is 1.11. The highest BCUT2D eigenvalue weighted by Crippen LogP contribution is 2.16. The summed E-state index contributed by atoms with van der Waals surface area (Å²) in [4.78, 5) is 21.6. The van der Waals surface area contributed by atoms with Crippen LogP contribution in [-0.2, 0) is 0 Å². The number of H-pyrrole nitrogens is 1. The zero-order chi connectivity index (χ0) is 9.97. The van der Waals surface area contributed by atoms with E-state index in [0.29, 0.717) is 11.6 Å². The lowest BCUT2D eigenvalue weighted by Gasteiger charge is -2.04. The first-order chi connectivity index (χ1) is 6.75. The molecule has 72 valence electrons. The van der Waals surface area contributed by atoms with E-state index < -0.39 is 0 Å². The van der Waals surface area contributed by atoms with Crippen LogP contribution in [0.5, 0.6) is 0 Å². The summed E-state index contributed by atoms with van der Waals surface area (Å²) < 4.78 is 0. The second-order valence-corrected chi connectivity index (χ2v) is 3.20. The van der Waals surface area contributed by atoms with Gasteiger partial charge in [0.1, 0.15) is 5.82 Å². The Labute approximate surface area is 81.4 Å². The molecule has 0 amide bonds. The fourth-order valence-electron chi connectivity index (χ4n) is 1.40. The average Bonchev–Trinajstić information content (AvgIpc) is 2.18. The molecule has 14 heavy (non-hydrogen) atoms. The van der Waals surface area contributed by atoms with Gasteiger partial charge in [-0.1, -0.05) is 18.2 Å². The van der Waals surface area contributed by atoms with Gasteiger partial charge in [0.05, 0.1) is 0 Å². The maximum Gasteiger partial charge on any atom is 0.348 e. The van der Waals surface area contributed by atoms with Crippen molar-refractivity contribution in [1.29, 1.82) is 0 Å². The van der Waals surface area contributed by atoms with Gasteiger partial charge in [-0.15, -0.1) is 0 Å². The lowest BCUT2D eigenvalue weighted by molar-refractivity contribution is 0.903. The van der Waals surface area contributed by atoms with E-state index in [-0.39, 0.29) is 5.69 Å². The molecular formula is C10H11N3O. The van der Waals surface area contributed by atoms with Crippen LogP contribution in [0.15, 0.2) is 23.0 Å². The molecule has 0 aliphatic heterocycles. The average molecular weight is 189 g/mol. The molecular weight excluding hydrogens is 178 g/mol. The second kappa shape index (κ2) is 3.57. The van der Waals surface area contributed by atoms with Gasteiger partial charge in [0.2, 0.25) is 0 Å². The highest BCUT2D eigenvalue weighted by atomic mass is 16.1. The van der Waals surface area contributed by atoms with Crippen LogP contribution in [0.3, 0.4) is 0 Å². The molecule has 1 aliphatic carbocycles. The normalized spacial score (nSPS) is 15.4. The van der Waals surface area contributed by atoms with Crippen molar-refractivity contribution < 1.29 is 0 Å². The van der Waals surface area contributed by atoms with Crippen LogP contribution < -0.4 is 5.69 Å². The molecule has 4 heteroatoms. The maximum atomic E-state index is 11.1. The minimum atomic E-state index is -0.340. The summed E-state index contributed by atoms with van der Waals surface area (Å²) in [5.41, 5.74) is 0.595. The molecule has 0 spiro atoms. The predicted molar refractivity (Wildman–Crippen MR) is 53.7 cm³/mol. The molecule has 0 radical (unpaired) electrons. The molecule has 1 aromatic heterocycles. The number of allylic oxidation sites excluding steroid dienone is 4. The smallest absolute Gasteiger partial charge is 0.294 e. The van der Waals surface area contributed by atoms with Crippen LogP contribution in [0, 0.1) is 6.92 Å². The van der Waals surface area contributed by atoms with Crippen molar-refractivity contribution in [3.8, 4) is 0 Å². The number of hydrogen-bond acceptors (Lipinski definition) is 3. The molecule has 0 saturated heterocycles. The number of aromatic nitrogens is 3. The van der Waals surface area contributed by atoms with Crippen molar-refractivity contribution in [2.24, 2.45) is 0 Å². The van der Waals surface area contributed by atoms with Crippen LogP contribution in [0.4, 0.5) is 0 Å². The van der Waals surface area contributed by atoms with E-state index >= 15 is 0 Å². The molecule has 1 N–H and O–H groups in total. The molecule has 4 nitrogen and oxygen atoms in total. The van der Waals surface area contributed by atoms with E-state index in [0.717, 1.165) is 18.4 Å². The van der Waals surface area contributed by atoms with Crippen LogP contribution in [0.2, 0.25) is 0 Å².